The molecule has 0 radical (unpaired) electrons. The Kier molecular flexibility index (Phi) is 8.32. The molecule has 4 rings (SSSR count). The maximum Gasteiger partial charge on any atom is 0.269 e. The number of H-pyrrole nitrogens is 1. The largest absolute Gasteiger partial charge is 0.365 e. The molecule has 0 unspecified atom stereocenters. The van der Waals surface area contributed by atoms with Gasteiger partial charge >= 0.3 is 0 Å². The van der Waals surface area contributed by atoms with Crippen LogP contribution in [0.2, 0.25) is 0 Å². The van der Waals surface area contributed by atoms with Gasteiger partial charge in [0.1, 0.15) is 16.9 Å². The number of anilines is 1. The predicted molar refractivity (Wildman–Crippen MR) is 130 cm³/mol. The first-order chi connectivity index (χ1) is 16.9. The van der Waals surface area contributed by atoms with E-state index in [1.165, 1.54) is 13.1 Å². The summed E-state index contributed by atoms with van der Waals surface area (Å²) in [6.45, 7) is 4.19. The lowest BCUT2D eigenvalue weighted by atomic mass is 10.1. The highest BCUT2D eigenvalue weighted by molar-refractivity contribution is 7.85. The molecule has 3 aromatic rings. The number of amides is 1. The van der Waals surface area contributed by atoms with Gasteiger partial charge in [0.25, 0.3) is 21.6 Å². The van der Waals surface area contributed by atoms with Crippen LogP contribution in [0.5, 0.6) is 0 Å². The van der Waals surface area contributed by atoms with Crippen LogP contribution in [-0.2, 0) is 16.7 Å². The first-order valence-corrected chi connectivity index (χ1v) is 12.7. The number of piperazine rings is 1. The average molecular weight is 525 g/mol. The summed E-state index contributed by atoms with van der Waals surface area (Å²) in [5.74, 6) is -1.62. The van der Waals surface area contributed by atoms with Crippen LogP contribution >= 0.6 is 0 Å². The predicted octanol–water partition coefficient (Wildman–Crippen LogP) is 1.09. The fraction of sp³-hybridized carbons (Fsp3) is 0.364. The molecule has 0 saturated carbocycles. The van der Waals surface area contributed by atoms with Crippen molar-refractivity contribution < 1.29 is 26.5 Å². The number of aromatic amines is 1. The Hall–Kier alpha value is -3.49. The first kappa shape index (κ1) is 27.1. The molecular weight excluding hydrogens is 498 g/mol. The van der Waals surface area contributed by atoms with Crippen molar-refractivity contribution >= 4 is 32.7 Å². The zero-order chi connectivity index (χ0) is 26.6. The molecule has 1 fully saturated rings. The van der Waals surface area contributed by atoms with Gasteiger partial charge < -0.3 is 15.2 Å². The zero-order valence-corrected chi connectivity index (χ0v) is 20.7. The molecular formula is C22H26F2N6O5S. The van der Waals surface area contributed by atoms with Crippen LogP contribution in [0.4, 0.5) is 14.5 Å². The summed E-state index contributed by atoms with van der Waals surface area (Å²) in [5, 5.41) is 2.42. The first-order valence-electron chi connectivity index (χ1n) is 10.8. The number of pyridine rings is 1. The van der Waals surface area contributed by atoms with Crippen LogP contribution in [0.25, 0.3) is 11.0 Å². The number of hydrogen-bond donors (Lipinski definition) is 3. The SMILES string of the molecule is CNC(=O)c1ccc(N2CCN(Cc3ccc4nc(C)c(=O)[nH]c4c3F)CC2)c(F)n1.CS(=O)(=O)O. The number of benzene rings is 1. The van der Waals surface area contributed by atoms with Crippen LogP contribution in [-0.4, -0.2) is 78.2 Å². The van der Waals surface area contributed by atoms with Gasteiger partial charge in [-0.25, -0.2) is 14.4 Å². The van der Waals surface area contributed by atoms with Crippen LogP contribution in [0.3, 0.4) is 0 Å². The molecule has 3 heterocycles. The van der Waals surface area contributed by atoms with Gasteiger partial charge in [0, 0.05) is 45.3 Å². The lowest BCUT2D eigenvalue weighted by molar-refractivity contribution is 0.0957. The number of carbonyl (C=O) groups excluding carboxylic acids is 1. The van der Waals surface area contributed by atoms with E-state index in [-0.39, 0.29) is 11.2 Å². The summed E-state index contributed by atoms with van der Waals surface area (Å²) in [7, 11) is -2.21. The molecule has 36 heavy (non-hydrogen) atoms. The highest BCUT2D eigenvalue weighted by atomic mass is 32.2. The third-order valence-electron chi connectivity index (χ3n) is 5.45. The van der Waals surface area contributed by atoms with Gasteiger partial charge in [0.2, 0.25) is 5.95 Å². The Bertz CT molecular complexity index is 1430. The Balaban J connectivity index is 0.000000658. The fourth-order valence-electron chi connectivity index (χ4n) is 3.68. The van der Waals surface area contributed by atoms with Crippen molar-refractivity contribution in [2.45, 2.75) is 13.5 Å². The summed E-state index contributed by atoms with van der Waals surface area (Å²) in [6, 6.07) is 6.42. The van der Waals surface area contributed by atoms with E-state index in [9.17, 15) is 26.8 Å². The van der Waals surface area contributed by atoms with Crippen molar-refractivity contribution in [3.05, 3.63) is 63.3 Å². The highest BCUT2D eigenvalue weighted by Crippen LogP contribution is 2.22. The van der Waals surface area contributed by atoms with Gasteiger partial charge in [-0.05, 0) is 25.1 Å². The number of aryl methyl sites for hydroxylation is 1. The van der Waals surface area contributed by atoms with E-state index in [2.05, 4.69) is 25.2 Å². The summed E-state index contributed by atoms with van der Waals surface area (Å²) in [5.41, 5.74) is 1.23. The van der Waals surface area contributed by atoms with Crippen molar-refractivity contribution in [1.29, 1.82) is 0 Å². The van der Waals surface area contributed by atoms with E-state index in [0.29, 0.717) is 61.4 Å². The molecule has 14 heteroatoms. The van der Waals surface area contributed by atoms with E-state index >= 15 is 0 Å². The second-order valence-corrected chi connectivity index (χ2v) is 9.63. The van der Waals surface area contributed by atoms with Crippen molar-refractivity contribution in [3.8, 4) is 0 Å². The van der Waals surface area contributed by atoms with Crippen molar-refractivity contribution in [2.24, 2.45) is 0 Å². The van der Waals surface area contributed by atoms with Crippen LogP contribution in [0.15, 0.2) is 29.1 Å². The molecule has 1 saturated heterocycles. The molecule has 0 atom stereocenters. The summed E-state index contributed by atoms with van der Waals surface area (Å²) >= 11 is 0. The summed E-state index contributed by atoms with van der Waals surface area (Å²) in [4.78, 5) is 37.7. The van der Waals surface area contributed by atoms with E-state index in [4.69, 9.17) is 4.55 Å². The zero-order valence-electron chi connectivity index (χ0n) is 19.9. The number of aromatic nitrogens is 3. The van der Waals surface area contributed by atoms with Crippen LogP contribution < -0.4 is 15.8 Å². The summed E-state index contributed by atoms with van der Waals surface area (Å²) < 4.78 is 55.2. The normalized spacial score (nSPS) is 14.3. The minimum Gasteiger partial charge on any atom is -0.365 e. The maximum absolute atomic E-state index is 14.9. The Morgan fingerprint density at radius 3 is 2.36 bits per heavy atom. The van der Waals surface area contributed by atoms with Crippen molar-refractivity contribution in [1.82, 2.24) is 25.2 Å². The van der Waals surface area contributed by atoms with Crippen LogP contribution in [0, 0.1) is 18.7 Å². The number of nitrogens with zero attached hydrogens (tertiary/aromatic N) is 4. The van der Waals surface area contributed by atoms with E-state index in [0.717, 1.165) is 0 Å². The standard InChI is InChI=1S/C21H22F2N6O2.CH4O3S/c1-12-20(30)27-18-14(25-12)4-3-13(17(18)22)11-28-7-9-29(10-8-28)16-6-5-15(21(31)24-2)26-19(16)23;1-5(2,3)4/h3-6H,7-11H2,1-2H3,(H,24,31)(H,27,30);1H3,(H,2,3,4). The smallest absolute Gasteiger partial charge is 0.269 e. The minimum atomic E-state index is -3.67. The van der Waals surface area contributed by atoms with Gasteiger partial charge in [-0.3, -0.25) is 19.0 Å². The molecule has 2 aromatic heterocycles. The van der Waals surface area contributed by atoms with E-state index < -0.39 is 33.3 Å². The van der Waals surface area contributed by atoms with Gasteiger partial charge in [-0.2, -0.15) is 12.8 Å². The Labute approximate surface area is 205 Å². The second-order valence-electron chi connectivity index (χ2n) is 8.17. The monoisotopic (exact) mass is 524 g/mol. The molecule has 1 aliphatic rings. The lowest BCUT2D eigenvalue weighted by Gasteiger charge is -2.36. The molecule has 0 bridgehead atoms. The van der Waals surface area contributed by atoms with Crippen LogP contribution in [0.1, 0.15) is 21.7 Å². The molecule has 3 N–H and O–H groups in total. The fourth-order valence-corrected chi connectivity index (χ4v) is 3.68. The number of carbonyl (C=O) groups is 1. The maximum atomic E-state index is 14.9. The average Bonchev–Trinajstić information content (AvgIpc) is 2.81. The minimum absolute atomic E-state index is 0.0249. The lowest BCUT2D eigenvalue weighted by Crippen LogP contribution is -2.46. The quantitative estimate of drug-likeness (QED) is 0.337. The number of nitrogens with one attached hydrogen (secondary N) is 2. The van der Waals surface area contributed by atoms with Gasteiger partial charge in [-0.1, -0.05) is 6.07 Å². The van der Waals surface area contributed by atoms with E-state index in [1.807, 2.05) is 4.90 Å². The second kappa shape index (κ2) is 11.1. The Morgan fingerprint density at radius 2 is 1.78 bits per heavy atom. The molecule has 0 spiro atoms. The number of hydrogen-bond acceptors (Lipinski definition) is 8. The Morgan fingerprint density at radius 1 is 1.14 bits per heavy atom. The number of rotatable bonds is 4. The molecule has 1 amide bonds. The molecule has 0 aliphatic carbocycles. The third-order valence-corrected chi connectivity index (χ3v) is 5.45. The number of fused-ring (bicyclic) bond motifs is 1. The topological polar surface area (TPSA) is 149 Å². The van der Waals surface area contributed by atoms with Crippen molar-refractivity contribution in [3.63, 3.8) is 0 Å². The van der Waals surface area contributed by atoms with Gasteiger partial charge in [0.05, 0.1) is 17.5 Å². The van der Waals surface area contributed by atoms with Gasteiger partial charge in [-0.15, -0.1) is 0 Å². The van der Waals surface area contributed by atoms with Crippen molar-refractivity contribution in [2.75, 3.05) is 44.4 Å². The number of halogens is 2. The molecule has 1 aromatic carbocycles. The third kappa shape index (κ3) is 6.80. The van der Waals surface area contributed by atoms with Gasteiger partial charge in [0.15, 0.2) is 5.82 Å². The molecule has 1 aliphatic heterocycles. The molecule has 11 nitrogen and oxygen atoms in total. The van der Waals surface area contributed by atoms with E-state index in [1.54, 1.807) is 25.1 Å². The summed E-state index contributed by atoms with van der Waals surface area (Å²) in [6.07, 6.45) is 0.715. The molecule has 194 valence electrons. The highest BCUT2D eigenvalue weighted by Gasteiger charge is 2.22.